The molecule has 0 amide bonds. The molecule has 8 nitrogen and oxygen atoms in total. The monoisotopic (exact) mass is 1340 g/mol. The van der Waals surface area contributed by atoms with Crippen LogP contribution >= 0.6 is 69.3 Å². The fourth-order valence-corrected chi connectivity index (χ4v) is 24.7. The Balaban J connectivity index is 0.769. The second kappa shape index (κ2) is 28.3. The molecule has 0 radical (unpaired) electrons. The summed E-state index contributed by atoms with van der Waals surface area (Å²) in [5, 5.41) is 33.0. The number of hydrogen-bond acceptors (Lipinski definition) is 14. The third-order valence-electron chi connectivity index (χ3n) is 20.2. The van der Waals surface area contributed by atoms with E-state index in [1.165, 1.54) is 86.2 Å². The smallest absolute Gasteiger partial charge is 0.194 e. The molecule has 3 aromatic heterocycles. The first-order valence-corrected chi connectivity index (χ1v) is 38.5. The topological polar surface area (TPSA) is 111 Å². The second-order valence-corrected chi connectivity index (χ2v) is 33.8. The molecule has 0 N–H and O–H groups in total. The van der Waals surface area contributed by atoms with E-state index in [-0.39, 0.29) is 56.7 Å². The van der Waals surface area contributed by atoms with Crippen LogP contribution in [0.4, 0.5) is 20.2 Å². The van der Waals surface area contributed by atoms with Crippen molar-refractivity contribution in [1.82, 2.24) is 0 Å². The van der Waals surface area contributed by atoms with Gasteiger partial charge in [-0.25, -0.2) is 8.78 Å². The first kappa shape index (κ1) is 63.7. The van der Waals surface area contributed by atoms with E-state index in [0.29, 0.717) is 38.4 Å². The van der Waals surface area contributed by atoms with E-state index in [4.69, 9.17) is 19.7 Å². The molecule has 10 heterocycles. The molecule has 474 valence electrons. The van der Waals surface area contributed by atoms with Crippen LogP contribution in [0, 0.1) is 45.6 Å². The van der Waals surface area contributed by atoms with Crippen molar-refractivity contribution in [3.63, 3.8) is 0 Å². The van der Waals surface area contributed by atoms with Crippen molar-refractivity contribution < 1.29 is 23.0 Å². The van der Waals surface area contributed by atoms with Crippen LogP contribution in [-0.2, 0) is 9.47 Å². The van der Waals surface area contributed by atoms with Crippen molar-refractivity contribution in [2.24, 2.45) is 21.6 Å². The summed E-state index contributed by atoms with van der Waals surface area (Å²) in [4.78, 5) is 23.1. The van der Waals surface area contributed by atoms with Crippen LogP contribution in [-0.4, -0.2) is 69.7 Å². The number of carbonyl (C=O) groups excluding carboxylic acids is 1. The summed E-state index contributed by atoms with van der Waals surface area (Å²) in [7, 11) is 0. The number of Topliss-reactive ketones (excluding diaryl/α,β-unsaturated/α-hetero) is 1. The number of halogens is 2. The van der Waals surface area contributed by atoms with Gasteiger partial charge in [-0.15, -0.1) is 57.5 Å². The Bertz CT molecular complexity index is 3920. The summed E-state index contributed by atoms with van der Waals surface area (Å²) < 4.78 is 42.5. The second-order valence-electron chi connectivity index (χ2n) is 26.2. The van der Waals surface area contributed by atoms with Gasteiger partial charge in [-0.2, -0.15) is 32.5 Å². The highest BCUT2D eigenvalue weighted by Gasteiger charge is 2.62. The number of thioether (sulfide) groups is 3. The maximum absolute atomic E-state index is 14.6. The molecule has 3 aromatic carbocycles. The lowest BCUT2D eigenvalue weighted by molar-refractivity contribution is 0.0230. The highest BCUT2D eigenvalue weighted by Crippen LogP contribution is 2.69. The number of benzene rings is 3. The molecule has 7 aliphatic heterocycles. The van der Waals surface area contributed by atoms with Gasteiger partial charge < -0.3 is 14.4 Å². The largest absolute Gasteiger partial charge is 0.378 e. The molecule has 5 fully saturated rings. The number of para-hydroxylation sites is 2. The van der Waals surface area contributed by atoms with E-state index < -0.39 is 17.4 Å². The zero-order valence-electron chi connectivity index (χ0n) is 52.2. The fourth-order valence-electron chi connectivity index (χ4n) is 15.1. The summed E-state index contributed by atoms with van der Waals surface area (Å²) in [5.74, 6) is -2.42. The quantitative estimate of drug-likeness (QED) is 0.0835. The SMILES string of the molecule is CC1=CC2CC=C1c1cc(-c3ccc(-c4ccc(/C=C5\C(=O)c6cc(F)c(F)cc6C5=C(C#N)C#N)s4)s3)sc1C1SC(C3CCC(C4CCC(N(c5ccccc5)c5ccccc5)S4)S3)CC1[C@@]1(C)CC1OCCCC/C=C/CCCCOC1CCC(CC1)N=N2. The average molecular weight is 1340 g/mol. The van der Waals surface area contributed by atoms with E-state index in [0.717, 1.165) is 117 Å². The molecule has 16 heteroatoms. The first-order chi connectivity index (χ1) is 45.0. The number of azo groups is 1. The molecule has 3 saturated heterocycles. The summed E-state index contributed by atoms with van der Waals surface area (Å²) in [6.45, 7) is 6.47. The van der Waals surface area contributed by atoms with Crippen molar-refractivity contribution in [3.05, 3.63) is 182 Å². The Kier molecular flexibility index (Phi) is 19.6. The molecular weight excluding hydrogens is 1260 g/mol. The Labute approximate surface area is 565 Å². The van der Waals surface area contributed by atoms with E-state index >= 15 is 0 Å². The van der Waals surface area contributed by atoms with Gasteiger partial charge in [0.25, 0.3) is 0 Å². The molecule has 6 aromatic rings. The molecule has 92 heavy (non-hydrogen) atoms. The lowest BCUT2D eigenvalue weighted by atomic mass is 9.81. The number of allylic oxidation sites excluding steroid dienone is 7. The lowest BCUT2D eigenvalue weighted by Gasteiger charge is -2.31. The van der Waals surface area contributed by atoms with E-state index in [2.05, 4.69) is 157 Å². The molecule has 10 atom stereocenters. The minimum Gasteiger partial charge on any atom is -0.378 e. The summed E-state index contributed by atoms with van der Waals surface area (Å²) in [5.41, 5.74) is 6.23. The maximum atomic E-state index is 14.6. The number of anilines is 2. The van der Waals surface area contributed by atoms with Crippen LogP contribution in [0.1, 0.15) is 159 Å². The van der Waals surface area contributed by atoms with Gasteiger partial charge in [0.1, 0.15) is 17.7 Å². The minimum absolute atomic E-state index is 0.00141. The number of carbonyl (C=O) groups is 1. The van der Waals surface area contributed by atoms with Crippen molar-refractivity contribution >= 4 is 104 Å². The summed E-state index contributed by atoms with van der Waals surface area (Å²) in [6, 6.07) is 38.6. The summed E-state index contributed by atoms with van der Waals surface area (Å²) >= 11 is 12.0. The van der Waals surface area contributed by atoms with Crippen LogP contribution in [0.15, 0.2) is 154 Å². The molecule has 9 unspecified atom stereocenters. The number of fused-ring (bicyclic) bond motifs is 1. The Morgan fingerprint density at radius 1 is 0.674 bits per heavy atom. The van der Waals surface area contributed by atoms with Gasteiger partial charge in [0.05, 0.1) is 29.7 Å². The third kappa shape index (κ3) is 13.5. The van der Waals surface area contributed by atoms with E-state index in [1.54, 1.807) is 17.4 Å². The van der Waals surface area contributed by atoms with Crippen LogP contribution in [0.3, 0.4) is 0 Å². The number of nitriles is 2. The van der Waals surface area contributed by atoms with Crippen molar-refractivity contribution in [3.8, 4) is 31.6 Å². The van der Waals surface area contributed by atoms with E-state index in [9.17, 15) is 24.1 Å². The molecule has 4 aliphatic carbocycles. The predicted octanol–water partition coefficient (Wildman–Crippen LogP) is 21.6. The zero-order valence-corrected chi connectivity index (χ0v) is 57.1. The summed E-state index contributed by atoms with van der Waals surface area (Å²) in [6.07, 6.45) is 30.6. The number of hydrogen-bond donors (Lipinski definition) is 0. The maximum Gasteiger partial charge on any atom is 0.194 e. The Morgan fingerprint density at radius 2 is 1.32 bits per heavy atom. The van der Waals surface area contributed by atoms with Crippen LogP contribution in [0.5, 0.6) is 0 Å². The number of ether oxygens (including phenoxy) is 2. The molecule has 17 rings (SSSR count). The molecule has 4 bridgehead atoms. The Morgan fingerprint density at radius 3 is 2.02 bits per heavy atom. The number of nitrogens with zero attached hydrogens (tertiary/aromatic N) is 5. The van der Waals surface area contributed by atoms with E-state index in [1.807, 2.05) is 35.6 Å². The minimum atomic E-state index is -1.16. The van der Waals surface area contributed by atoms with Crippen molar-refractivity contribution in [1.29, 1.82) is 10.5 Å². The lowest BCUT2D eigenvalue weighted by Crippen LogP contribution is -2.26. The van der Waals surface area contributed by atoms with Gasteiger partial charge in [-0.3, -0.25) is 4.79 Å². The van der Waals surface area contributed by atoms with Gasteiger partial charge >= 0.3 is 0 Å². The molecule has 2 saturated carbocycles. The number of ketones is 1. The zero-order chi connectivity index (χ0) is 62.9. The highest BCUT2D eigenvalue weighted by molar-refractivity contribution is 8.06. The molecule has 11 aliphatic rings. The van der Waals surface area contributed by atoms with Crippen molar-refractivity contribution in [2.45, 2.75) is 179 Å². The highest BCUT2D eigenvalue weighted by atomic mass is 32.2. The number of rotatable bonds is 8. The molecular formula is C76H77F2N5O3S6. The van der Waals surface area contributed by atoms with Crippen LogP contribution in [0.2, 0.25) is 0 Å². The van der Waals surface area contributed by atoms with Gasteiger partial charge in [0.2, 0.25) is 0 Å². The third-order valence-corrected chi connectivity index (χ3v) is 29.7. The van der Waals surface area contributed by atoms with Gasteiger partial charge in [0.15, 0.2) is 17.4 Å². The van der Waals surface area contributed by atoms with Gasteiger partial charge in [-0.1, -0.05) is 67.6 Å². The fraction of sp³-hybridized carbons (Fsp3) is 0.434. The standard InChI is InChI=1S/C76H77F2N5O3S6/c1-46-37-49-23-27-54(46)57-41-68(66-31-29-63(88-66)62-28-26-53(87-62)38-58-72(47(44-79)45-80)55-39-60(77)61(78)40-56(55)73(58)84)91-74(57)75-59(76(2)43-70(76)86-36-16-8-6-4-3-5-7-15-35-85-52-24-21-48(22-25-52)81-82-49)42-69(92-75)67-32-30-64(89-67)65-33-34-71(90-65)83(50-17-11-9-12-18-50)51-19-13-10-14-20-51/h3-4,9-14,17-20,26-29,31,37-41,48-49,52,59,64-65,67,69-71,75H,5-8,15-16,21-25,30,32-36,42-43H2,1-2H3/b4-3+,58-38-,82-81?/t48?,49?,52?,59?,64?,65?,67?,69?,70?,71?,75?,76-/m1/s1. The normalized spacial score (nSPS) is 30.1. The van der Waals surface area contributed by atoms with Gasteiger partial charge in [-0.05, 0) is 217 Å². The Hall–Kier alpha value is -5.66. The first-order valence-electron chi connectivity index (χ1n) is 33.2. The number of thiophene rings is 3. The van der Waals surface area contributed by atoms with Crippen LogP contribution < -0.4 is 4.90 Å². The predicted molar refractivity (Wildman–Crippen MR) is 380 cm³/mol. The van der Waals surface area contributed by atoms with Gasteiger partial charge in [0, 0.05) is 102 Å². The molecule has 0 spiro atoms. The van der Waals surface area contributed by atoms with Crippen molar-refractivity contribution in [2.75, 3.05) is 18.1 Å². The average Bonchev–Trinajstić information content (AvgIpc) is 1.56. The van der Waals surface area contributed by atoms with Crippen LogP contribution in [0.25, 0.3) is 36.7 Å².